The molecule has 1 N–H and O–H groups in total. The van der Waals surface area contributed by atoms with Crippen LogP contribution in [0.4, 0.5) is 0 Å². The molecule has 0 aliphatic carbocycles. The van der Waals surface area contributed by atoms with Gasteiger partial charge in [-0.1, -0.05) is 60.7 Å². The number of ether oxygens (including phenoxy) is 2. The Morgan fingerprint density at radius 3 is 2.32 bits per heavy atom. The number of fused-ring (bicyclic) bond motifs is 1. The molecule has 1 aromatic heterocycles. The zero-order chi connectivity index (χ0) is 19.7. The zero-order valence-corrected chi connectivity index (χ0v) is 15.4. The molecule has 0 amide bonds. The zero-order valence-electron chi connectivity index (χ0n) is 15.4. The maximum Gasteiger partial charge on any atom is 0.345 e. The van der Waals surface area contributed by atoms with Crippen LogP contribution in [0.1, 0.15) is 10.4 Å². The van der Waals surface area contributed by atoms with Gasteiger partial charge in [0.25, 0.3) is 5.95 Å². The Hall–Kier alpha value is -3.73. The molecule has 140 valence electrons. The highest BCUT2D eigenvalue weighted by atomic mass is 16.6. The summed E-state index contributed by atoms with van der Waals surface area (Å²) >= 11 is 0. The molecule has 3 aromatic carbocycles. The molecular formula is C23H18O5. The van der Waals surface area contributed by atoms with Crippen LogP contribution in [0, 0.1) is 0 Å². The number of methoxy groups -OCH3 is 2. The van der Waals surface area contributed by atoms with Crippen molar-refractivity contribution >= 4 is 16.7 Å². The van der Waals surface area contributed by atoms with E-state index in [0.29, 0.717) is 16.9 Å². The summed E-state index contributed by atoms with van der Waals surface area (Å²) in [7, 11) is 2.73. The van der Waals surface area contributed by atoms with E-state index in [1.165, 1.54) is 14.2 Å². The highest BCUT2D eigenvalue weighted by molar-refractivity contribution is 6.08. The van der Waals surface area contributed by atoms with Crippen molar-refractivity contribution in [3.8, 4) is 34.1 Å². The van der Waals surface area contributed by atoms with E-state index in [9.17, 15) is 9.90 Å². The van der Waals surface area contributed by atoms with Gasteiger partial charge in [0.15, 0.2) is 11.3 Å². The number of carbonyl (C=O) groups is 1. The molecule has 0 saturated heterocycles. The molecule has 28 heavy (non-hydrogen) atoms. The van der Waals surface area contributed by atoms with E-state index in [0.717, 1.165) is 16.3 Å². The molecule has 4 rings (SSSR count). The molecule has 0 aliphatic heterocycles. The van der Waals surface area contributed by atoms with E-state index in [1.807, 2.05) is 60.7 Å². The highest BCUT2D eigenvalue weighted by Crippen LogP contribution is 2.47. The molecule has 0 radical (unpaired) electrons. The van der Waals surface area contributed by atoms with Crippen molar-refractivity contribution in [2.45, 2.75) is 0 Å². The van der Waals surface area contributed by atoms with Crippen molar-refractivity contribution in [3.05, 3.63) is 72.3 Å². The number of carbonyl (C=O) groups excluding carboxylic acids is 1. The molecule has 0 bridgehead atoms. The average Bonchev–Trinajstić information content (AvgIpc) is 3.13. The van der Waals surface area contributed by atoms with Crippen molar-refractivity contribution in [1.82, 2.24) is 0 Å². The molecule has 5 heteroatoms. The lowest BCUT2D eigenvalue weighted by Gasteiger charge is -2.10. The first-order valence-electron chi connectivity index (χ1n) is 8.71. The number of aromatic hydroxyl groups is 1. The number of rotatable bonds is 4. The maximum absolute atomic E-state index is 12.6. The van der Waals surface area contributed by atoms with E-state index in [1.54, 1.807) is 6.07 Å². The van der Waals surface area contributed by atoms with Gasteiger partial charge in [-0.2, -0.15) is 0 Å². The molecule has 0 spiro atoms. The SMILES string of the molecule is COC(=O)c1c(OC)oc(-c2c(O)ccc3ccccc23)c1-c1ccccc1. The first kappa shape index (κ1) is 17.7. The molecule has 0 unspecified atom stereocenters. The van der Waals surface area contributed by atoms with Gasteiger partial charge < -0.3 is 19.0 Å². The van der Waals surface area contributed by atoms with E-state index < -0.39 is 5.97 Å². The number of hydrogen-bond acceptors (Lipinski definition) is 5. The van der Waals surface area contributed by atoms with Crippen LogP contribution in [0.3, 0.4) is 0 Å². The first-order valence-corrected chi connectivity index (χ1v) is 8.71. The summed E-state index contributed by atoms with van der Waals surface area (Å²) < 4.78 is 16.3. The van der Waals surface area contributed by atoms with E-state index >= 15 is 0 Å². The predicted octanol–water partition coefficient (Wildman–Crippen LogP) is 5.27. The van der Waals surface area contributed by atoms with Gasteiger partial charge in [-0.25, -0.2) is 4.79 Å². The van der Waals surface area contributed by atoms with Crippen molar-refractivity contribution in [2.75, 3.05) is 14.2 Å². The topological polar surface area (TPSA) is 68.9 Å². The van der Waals surface area contributed by atoms with Crippen LogP contribution >= 0.6 is 0 Å². The molecule has 1 heterocycles. The summed E-state index contributed by atoms with van der Waals surface area (Å²) in [6.45, 7) is 0. The van der Waals surface area contributed by atoms with E-state index in [4.69, 9.17) is 13.9 Å². The van der Waals surface area contributed by atoms with Crippen LogP contribution in [-0.4, -0.2) is 25.3 Å². The third kappa shape index (κ3) is 2.77. The minimum absolute atomic E-state index is 0.0352. The van der Waals surface area contributed by atoms with Crippen LogP contribution in [0.2, 0.25) is 0 Å². The van der Waals surface area contributed by atoms with E-state index in [2.05, 4.69) is 0 Å². The second-order valence-electron chi connectivity index (χ2n) is 6.21. The fraction of sp³-hybridized carbons (Fsp3) is 0.0870. The van der Waals surface area contributed by atoms with Crippen LogP contribution in [0.15, 0.2) is 71.1 Å². The van der Waals surface area contributed by atoms with E-state index in [-0.39, 0.29) is 17.3 Å². The van der Waals surface area contributed by atoms with Crippen LogP contribution in [0.25, 0.3) is 33.2 Å². The monoisotopic (exact) mass is 374 g/mol. The Labute approximate surface area is 161 Å². The summed E-state index contributed by atoms with van der Waals surface area (Å²) in [5.74, 6) is -0.153. The third-order valence-corrected chi connectivity index (χ3v) is 4.65. The second kappa shape index (κ2) is 7.12. The largest absolute Gasteiger partial charge is 0.507 e. The van der Waals surface area contributed by atoms with Gasteiger partial charge in [0.2, 0.25) is 0 Å². The third-order valence-electron chi connectivity index (χ3n) is 4.65. The minimum atomic E-state index is -0.578. The predicted molar refractivity (Wildman–Crippen MR) is 107 cm³/mol. The summed E-state index contributed by atoms with van der Waals surface area (Å²) in [6, 6.07) is 20.4. The summed E-state index contributed by atoms with van der Waals surface area (Å²) in [5.41, 5.74) is 1.93. The number of benzene rings is 3. The molecule has 0 atom stereocenters. The van der Waals surface area contributed by atoms with Gasteiger partial charge in [-0.3, -0.25) is 0 Å². The maximum atomic E-state index is 12.6. The summed E-state index contributed by atoms with van der Waals surface area (Å²) in [6.07, 6.45) is 0. The Balaban J connectivity index is 2.13. The number of phenolic OH excluding ortho intramolecular Hbond substituents is 1. The van der Waals surface area contributed by atoms with Gasteiger partial charge in [-0.05, 0) is 22.4 Å². The van der Waals surface area contributed by atoms with Gasteiger partial charge in [0.05, 0.1) is 19.8 Å². The van der Waals surface area contributed by atoms with Crippen molar-refractivity contribution in [1.29, 1.82) is 0 Å². The number of esters is 1. The lowest BCUT2D eigenvalue weighted by molar-refractivity contribution is 0.0595. The number of hydrogen-bond donors (Lipinski definition) is 1. The van der Waals surface area contributed by atoms with Gasteiger partial charge >= 0.3 is 5.97 Å². The van der Waals surface area contributed by atoms with Crippen LogP contribution in [0.5, 0.6) is 11.7 Å². The van der Waals surface area contributed by atoms with Crippen LogP contribution in [-0.2, 0) is 4.74 Å². The van der Waals surface area contributed by atoms with Gasteiger partial charge in [0.1, 0.15) is 5.75 Å². The van der Waals surface area contributed by atoms with Crippen molar-refractivity contribution < 1.29 is 23.8 Å². The Morgan fingerprint density at radius 1 is 0.893 bits per heavy atom. The molecular weight excluding hydrogens is 356 g/mol. The Bertz CT molecular complexity index is 1160. The van der Waals surface area contributed by atoms with Crippen molar-refractivity contribution in [2.24, 2.45) is 0 Å². The molecule has 0 aliphatic rings. The lowest BCUT2D eigenvalue weighted by atomic mass is 9.94. The smallest absolute Gasteiger partial charge is 0.345 e. The quantitative estimate of drug-likeness (QED) is 0.493. The fourth-order valence-corrected chi connectivity index (χ4v) is 3.40. The number of furan rings is 1. The van der Waals surface area contributed by atoms with Crippen molar-refractivity contribution in [3.63, 3.8) is 0 Å². The Morgan fingerprint density at radius 2 is 1.61 bits per heavy atom. The molecule has 0 saturated carbocycles. The number of phenols is 1. The fourth-order valence-electron chi connectivity index (χ4n) is 3.40. The molecule has 0 fully saturated rings. The minimum Gasteiger partial charge on any atom is -0.507 e. The second-order valence-corrected chi connectivity index (χ2v) is 6.21. The van der Waals surface area contributed by atoms with Crippen LogP contribution < -0.4 is 4.74 Å². The van der Waals surface area contributed by atoms with Gasteiger partial charge in [0, 0.05) is 5.56 Å². The molecule has 4 aromatic rings. The highest BCUT2D eigenvalue weighted by Gasteiger charge is 2.31. The standard InChI is InChI=1S/C23H18O5/c1-26-22(25)20-18(15-9-4-3-5-10-15)21(28-23(20)27-2)19-16-11-7-6-8-14(16)12-13-17(19)24/h3-13,24H,1-2H3. The lowest BCUT2D eigenvalue weighted by Crippen LogP contribution is -2.03. The molecule has 5 nitrogen and oxygen atoms in total. The normalized spacial score (nSPS) is 10.8. The summed E-state index contributed by atoms with van der Waals surface area (Å²) in [5, 5.41) is 12.4. The summed E-state index contributed by atoms with van der Waals surface area (Å²) in [4.78, 5) is 12.6. The van der Waals surface area contributed by atoms with Gasteiger partial charge in [-0.15, -0.1) is 0 Å². The average molecular weight is 374 g/mol. The Kier molecular flexibility index (Phi) is 4.49. The first-order chi connectivity index (χ1) is 13.7.